The van der Waals surface area contributed by atoms with Gasteiger partial charge in [0.2, 0.25) is 5.91 Å². The lowest BCUT2D eigenvalue weighted by Crippen LogP contribution is -2.37. The number of anilines is 1. The highest BCUT2D eigenvalue weighted by molar-refractivity contribution is 5.80. The zero-order valence-electron chi connectivity index (χ0n) is 12.1. The van der Waals surface area contributed by atoms with Crippen LogP contribution in [0.25, 0.3) is 0 Å². The van der Waals surface area contributed by atoms with E-state index in [1.54, 1.807) is 24.3 Å². The van der Waals surface area contributed by atoms with E-state index in [-0.39, 0.29) is 12.5 Å². The van der Waals surface area contributed by atoms with E-state index in [1.807, 2.05) is 0 Å². The molecule has 0 bridgehead atoms. The molecule has 0 aliphatic heterocycles. The van der Waals surface area contributed by atoms with Crippen LogP contribution in [0.4, 0.5) is 5.69 Å². The molecule has 2 N–H and O–H groups in total. The minimum Gasteiger partial charge on any atom is -0.376 e. The monoisotopic (exact) mass is 274 g/mol. The third-order valence-corrected chi connectivity index (χ3v) is 3.11. The van der Waals surface area contributed by atoms with E-state index in [4.69, 9.17) is 5.26 Å². The third kappa shape index (κ3) is 5.72. The van der Waals surface area contributed by atoms with E-state index in [2.05, 4.69) is 35.5 Å². The Kier molecular flexibility index (Phi) is 7.15. The smallest absolute Gasteiger partial charge is 0.239 e. The summed E-state index contributed by atoms with van der Waals surface area (Å²) >= 11 is 0. The summed E-state index contributed by atoms with van der Waals surface area (Å²) in [6.45, 7) is 7.98. The molecule has 1 amide bonds. The molecule has 0 unspecified atom stereocenters. The molecule has 0 radical (unpaired) electrons. The van der Waals surface area contributed by atoms with Gasteiger partial charge in [-0.3, -0.25) is 4.79 Å². The van der Waals surface area contributed by atoms with Gasteiger partial charge in [-0.1, -0.05) is 13.8 Å². The fourth-order valence-corrected chi connectivity index (χ4v) is 1.80. The molecule has 20 heavy (non-hydrogen) atoms. The number of rotatable bonds is 8. The molecular weight excluding hydrogens is 252 g/mol. The number of hydrogen-bond acceptors (Lipinski definition) is 4. The number of hydrogen-bond donors (Lipinski definition) is 2. The van der Waals surface area contributed by atoms with Crippen molar-refractivity contribution in [2.24, 2.45) is 0 Å². The maximum atomic E-state index is 11.7. The van der Waals surface area contributed by atoms with E-state index in [0.29, 0.717) is 12.1 Å². The lowest BCUT2D eigenvalue weighted by atomic mass is 10.2. The molecular formula is C15H22N4O. The van der Waals surface area contributed by atoms with Crippen molar-refractivity contribution in [3.05, 3.63) is 29.8 Å². The molecule has 0 saturated heterocycles. The fourth-order valence-electron chi connectivity index (χ4n) is 1.80. The summed E-state index contributed by atoms with van der Waals surface area (Å²) in [5, 5.41) is 14.6. The van der Waals surface area contributed by atoms with E-state index < -0.39 is 0 Å². The van der Waals surface area contributed by atoms with Gasteiger partial charge in [0.25, 0.3) is 0 Å². The van der Waals surface area contributed by atoms with Crippen molar-refractivity contribution in [1.29, 1.82) is 5.26 Å². The lowest BCUT2D eigenvalue weighted by Gasteiger charge is -2.18. The summed E-state index contributed by atoms with van der Waals surface area (Å²) in [6, 6.07) is 9.09. The standard InChI is InChI=1S/C15H22N4O/c1-3-19(4-2)10-9-17-15(20)12-18-14-7-5-13(11-16)6-8-14/h5-8,18H,3-4,9-10,12H2,1-2H3,(H,17,20). The predicted octanol–water partition coefficient (Wildman–Crippen LogP) is 1.43. The molecule has 0 spiro atoms. The van der Waals surface area contributed by atoms with Gasteiger partial charge < -0.3 is 15.5 Å². The molecule has 0 aliphatic carbocycles. The SMILES string of the molecule is CCN(CC)CCNC(=O)CNc1ccc(C#N)cc1. The van der Waals surface area contributed by atoms with E-state index in [0.717, 1.165) is 25.3 Å². The van der Waals surface area contributed by atoms with Gasteiger partial charge in [0, 0.05) is 18.8 Å². The Hall–Kier alpha value is -2.06. The van der Waals surface area contributed by atoms with Crippen molar-refractivity contribution < 1.29 is 4.79 Å². The summed E-state index contributed by atoms with van der Waals surface area (Å²) in [7, 11) is 0. The predicted molar refractivity (Wildman–Crippen MR) is 80.4 cm³/mol. The van der Waals surface area contributed by atoms with Gasteiger partial charge in [-0.05, 0) is 37.4 Å². The number of carbonyl (C=O) groups excluding carboxylic acids is 1. The van der Waals surface area contributed by atoms with Crippen LogP contribution in [0.15, 0.2) is 24.3 Å². The second-order valence-corrected chi connectivity index (χ2v) is 4.42. The average Bonchev–Trinajstić information content (AvgIpc) is 2.50. The zero-order chi connectivity index (χ0) is 14.8. The molecule has 0 aromatic heterocycles. The Bertz CT molecular complexity index is 446. The Morgan fingerprint density at radius 2 is 1.90 bits per heavy atom. The number of carbonyl (C=O) groups is 1. The Morgan fingerprint density at radius 1 is 1.25 bits per heavy atom. The summed E-state index contributed by atoms with van der Waals surface area (Å²) < 4.78 is 0. The van der Waals surface area contributed by atoms with Crippen molar-refractivity contribution >= 4 is 11.6 Å². The highest BCUT2D eigenvalue weighted by Gasteiger charge is 2.02. The average molecular weight is 274 g/mol. The summed E-state index contributed by atoms with van der Waals surface area (Å²) in [5.74, 6) is -0.0264. The lowest BCUT2D eigenvalue weighted by molar-refractivity contribution is -0.119. The van der Waals surface area contributed by atoms with Crippen LogP contribution in [0.2, 0.25) is 0 Å². The van der Waals surface area contributed by atoms with Crippen LogP contribution in [0, 0.1) is 11.3 Å². The Morgan fingerprint density at radius 3 is 2.45 bits per heavy atom. The van der Waals surface area contributed by atoms with Crippen LogP contribution >= 0.6 is 0 Å². The Balaban J connectivity index is 2.24. The maximum absolute atomic E-state index is 11.7. The number of nitrogens with zero attached hydrogens (tertiary/aromatic N) is 2. The molecule has 1 rings (SSSR count). The second-order valence-electron chi connectivity index (χ2n) is 4.42. The molecule has 108 valence electrons. The van der Waals surface area contributed by atoms with Crippen LogP contribution in [0.1, 0.15) is 19.4 Å². The van der Waals surface area contributed by atoms with Crippen molar-refractivity contribution in [2.75, 3.05) is 38.0 Å². The number of likely N-dealkylation sites (N-methyl/N-ethyl adjacent to an activating group) is 1. The summed E-state index contributed by atoms with van der Waals surface area (Å²) in [4.78, 5) is 13.9. The minimum absolute atomic E-state index is 0.0264. The number of benzene rings is 1. The fraction of sp³-hybridized carbons (Fsp3) is 0.467. The molecule has 1 aromatic rings. The normalized spacial score (nSPS) is 10.1. The van der Waals surface area contributed by atoms with Gasteiger partial charge in [0.1, 0.15) is 0 Å². The molecule has 0 fully saturated rings. The van der Waals surface area contributed by atoms with E-state index in [1.165, 1.54) is 0 Å². The minimum atomic E-state index is -0.0264. The van der Waals surface area contributed by atoms with Gasteiger partial charge in [-0.15, -0.1) is 0 Å². The Labute approximate surface area is 120 Å². The second kappa shape index (κ2) is 8.94. The van der Waals surface area contributed by atoms with Crippen LogP contribution in [0.3, 0.4) is 0 Å². The maximum Gasteiger partial charge on any atom is 0.239 e. The highest BCUT2D eigenvalue weighted by Crippen LogP contribution is 2.07. The molecule has 5 heteroatoms. The van der Waals surface area contributed by atoms with Gasteiger partial charge in [0.05, 0.1) is 18.2 Å². The number of nitriles is 1. The number of amides is 1. The quantitative estimate of drug-likeness (QED) is 0.752. The van der Waals surface area contributed by atoms with Crippen LogP contribution in [0.5, 0.6) is 0 Å². The van der Waals surface area contributed by atoms with Crippen LogP contribution < -0.4 is 10.6 Å². The topological polar surface area (TPSA) is 68.2 Å². The van der Waals surface area contributed by atoms with Crippen LogP contribution in [-0.4, -0.2) is 43.5 Å². The largest absolute Gasteiger partial charge is 0.376 e. The molecule has 0 heterocycles. The van der Waals surface area contributed by atoms with Crippen molar-refractivity contribution in [3.8, 4) is 6.07 Å². The van der Waals surface area contributed by atoms with E-state index in [9.17, 15) is 4.79 Å². The van der Waals surface area contributed by atoms with Crippen molar-refractivity contribution in [2.45, 2.75) is 13.8 Å². The molecule has 0 atom stereocenters. The third-order valence-electron chi connectivity index (χ3n) is 3.11. The number of nitrogens with one attached hydrogen (secondary N) is 2. The molecule has 5 nitrogen and oxygen atoms in total. The van der Waals surface area contributed by atoms with Crippen molar-refractivity contribution in [3.63, 3.8) is 0 Å². The molecule has 0 saturated carbocycles. The van der Waals surface area contributed by atoms with E-state index >= 15 is 0 Å². The van der Waals surface area contributed by atoms with Gasteiger partial charge >= 0.3 is 0 Å². The zero-order valence-corrected chi connectivity index (χ0v) is 12.1. The van der Waals surface area contributed by atoms with Crippen LogP contribution in [-0.2, 0) is 4.79 Å². The first-order valence-electron chi connectivity index (χ1n) is 6.92. The highest BCUT2D eigenvalue weighted by atomic mass is 16.1. The molecule has 0 aliphatic rings. The van der Waals surface area contributed by atoms with Crippen molar-refractivity contribution in [1.82, 2.24) is 10.2 Å². The summed E-state index contributed by atoms with van der Waals surface area (Å²) in [5.41, 5.74) is 1.45. The van der Waals surface area contributed by atoms with Gasteiger partial charge in [-0.2, -0.15) is 5.26 Å². The first-order valence-corrected chi connectivity index (χ1v) is 6.92. The summed E-state index contributed by atoms with van der Waals surface area (Å²) in [6.07, 6.45) is 0. The van der Waals surface area contributed by atoms with Gasteiger partial charge in [-0.25, -0.2) is 0 Å². The molecule has 1 aromatic carbocycles. The first kappa shape index (κ1) is 16.0. The van der Waals surface area contributed by atoms with Gasteiger partial charge in [0.15, 0.2) is 0 Å². The first-order chi connectivity index (χ1) is 9.69.